The van der Waals surface area contributed by atoms with Crippen LogP contribution in [0.3, 0.4) is 0 Å². The molecular weight excluding hydrogens is 631 g/mol. The number of hydrogen-bond donors (Lipinski definition) is 0. The van der Waals surface area contributed by atoms with Gasteiger partial charge in [0.1, 0.15) is 11.6 Å². The molecule has 10 rings (SSSR count). The molecule has 1 aromatic heterocycles. The van der Waals surface area contributed by atoms with E-state index in [0.29, 0.717) is 17.1 Å². The summed E-state index contributed by atoms with van der Waals surface area (Å²) in [6.45, 7) is 0. The molecule has 1 heterocycles. The smallest absolute Gasteiger partial charge is 0.147 e. The summed E-state index contributed by atoms with van der Waals surface area (Å²) in [5, 5.41) is 5.07. The van der Waals surface area contributed by atoms with Gasteiger partial charge >= 0.3 is 0 Å². The van der Waals surface area contributed by atoms with Crippen LogP contribution in [0.1, 0.15) is 22.3 Å². The van der Waals surface area contributed by atoms with Crippen LogP contribution < -0.4 is 4.90 Å². The molecule has 0 radical (unpaired) electrons. The molecule has 0 aliphatic heterocycles. The van der Waals surface area contributed by atoms with Gasteiger partial charge in [0.15, 0.2) is 0 Å². The highest BCUT2D eigenvalue weighted by Gasteiger charge is 2.24. The molecule has 9 aromatic rings. The zero-order valence-corrected chi connectivity index (χ0v) is 27.5. The maximum atomic E-state index is 15.2. The SMILES string of the molecule is Fc1ccccc1N(c1ccc2c(c1)Cc1cc(/C=C/c3cc4ccc5cccc6c5c4c(c3)n6-c3ccccc3)ccc1-2)c1ccccc1F. The summed E-state index contributed by atoms with van der Waals surface area (Å²) >= 11 is 0. The Bertz CT molecular complexity index is 2770. The summed E-state index contributed by atoms with van der Waals surface area (Å²) in [4.78, 5) is 1.67. The molecule has 0 spiro atoms. The second-order valence-corrected chi connectivity index (χ2v) is 13.3. The quantitative estimate of drug-likeness (QED) is 0.127. The highest BCUT2D eigenvalue weighted by atomic mass is 19.1. The highest BCUT2D eigenvalue weighted by molar-refractivity contribution is 6.24. The fourth-order valence-electron chi connectivity index (χ4n) is 7.99. The number of anilines is 3. The lowest BCUT2D eigenvalue weighted by Gasteiger charge is -2.26. The van der Waals surface area contributed by atoms with E-state index in [0.717, 1.165) is 34.4 Å². The Morgan fingerprint density at radius 3 is 1.90 bits per heavy atom. The Morgan fingerprint density at radius 1 is 0.490 bits per heavy atom. The van der Waals surface area contributed by atoms with Gasteiger partial charge in [-0.15, -0.1) is 0 Å². The second kappa shape index (κ2) is 11.5. The van der Waals surface area contributed by atoms with Crippen LogP contribution in [0.15, 0.2) is 158 Å². The summed E-state index contributed by atoms with van der Waals surface area (Å²) in [6, 6.07) is 51.9. The van der Waals surface area contributed by atoms with Crippen molar-refractivity contribution in [2.24, 2.45) is 0 Å². The van der Waals surface area contributed by atoms with Crippen molar-refractivity contribution in [1.82, 2.24) is 4.57 Å². The van der Waals surface area contributed by atoms with Crippen molar-refractivity contribution in [3.63, 3.8) is 0 Å². The van der Waals surface area contributed by atoms with E-state index in [9.17, 15) is 0 Å². The molecule has 242 valence electrons. The molecule has 8 aromatic carbocycles. The van der Waals surface area contributed by atoms with E-state index in [1.54, 1.807) is 41.3 Å². The molecule has 51 heavy (non-hydrogen) atoms. The third-order valence-corrected chi connectivity index (χ3v) is 10.2. The molecule has 0 saturated heterocycles. The molecule has 0 N–H and O–H groups in total. The molecule has 4 heteroatoms. The first-order valence-electron chi connectivity index (χ1n) is 17.2. The van der Waals surface area contributed by atoms with Crippen molar-refractivity contribution in [3.8, 4) is 16.8 Å². The first-order valence-corrected chi connectivity index (χ1v) is 17.2. The van der Waals surface area contributed by atoms with Gasteiger partial charge in [-0.2, -0.15) is 0 Å². The highest BCUT2D eigenvalue weighted by Crippen LogP contribution is 2.44. The Morgan fingerprint density at radius 2 is 1.14 bits per heavy atom. The fraction of sp³-hybridized carbons (Fsp3) is 0.0213. The molecule has 0 fully saturated rings. The number of halogens is 2. The van der Waals surface area contributed by atoms with Gasteiger partial charge in [-0.25, -0.2) is 8.78 Å². The lowest BCUT2D eigenvalue weighted by atomic mass is 9.99. The molecule has 0 bridgehead atoms. The van der Waals surface area contributed by atoms with Gasteiger partial charge in [0.05, 0.1) is 22.4 Å². The molecule has 0 atom stereocenters. The summed E-state index contributed by atoms with van der Waals surface area (Å²) in [5.41, 5.74) is 11.8. The van der Waals surface area contributed by atoms with Crippen LogP contribution in [0.5, 0.6) is 0 Å². The van der Waals surface area contributed by atoms with E-state index in [-0.39, 0.29) is 0 Å². The number of benzene rings is 8. The van der Waals surface area contributed by atoms with Crippen molar-refractivity contribution < 1.29 is 8.78 Å². The Hall–Kier alpha value is -6.52. The Balaban J connectivity index is 1.00. The van der Waals surface area contributed by atoms with Crippen molar-refractivity contribution in [2.75, 3.05) is 4.90 Å². The Kier molecular flexibility index (Phi) is 6.65. The van der Waals surface area contributed by atoms with Gasteiger partial charge < -0.3 is 9.47 Å². The standard InChI is InChI=1S/C47H30F2N2/c48-40-12-4-6-14-42(40)51(43-15-7-5-13-41(43)49)37-22-24-39-35(29-37)28-34-25-30(19-23-38(34)39)17-18-31-26-33-21-20-32-9-8-16-44-46(32)47(33)45(27-31)50(44)36-10-2-1-3-11-36/h1-27,29H,28H2/b18-17+. The molecule has 0 amide bonds. The first-order chi connectivity index (χ1) is 25.1. The predicted octanol–water partition coefficient (Wildman–Crippen LogP) is 12.9. The van der Waals surface area contributed by atoms with Crippen LogP contribution in [-0.2, 0) is 6.42 Å². The van der Waals surface area contributed by atoms with Crippen LogP contribution in [0, 0.1) is 11.6 Å². The van der Waals surface area contributed by atoms with Gasteiger partial charge in [0, 0.05) is 22.1 Å². The zero-order valence-electron chi connectivity index (χ0n) is 27.5. The second-order valence-electron chi connectivity index (χ2n) is 13.3. The summed E-state index contributed by atoms with van der Waals surface area (Å²) < 4.78 is 32.7. The van der Waals surface area contributed by atoms with Gasteiger partial charge in [-0.1, -0.05) is 103 Å². The van der Waals surface area contributed by atoms with Crippen LogP contribution in [0.2, 0.25) is 0 Å². The monoisotopic (exact) mass is 660 g/mol. The maximum Gasteiger partial charge on any atom is 0.147 e. The molecule has 2 nitrogen and oxygen atoms in total. The third kappa shape index (κ3) is 4.75. The number of para-hydroxylation sites is 3. The number of aromatic nitrogens is 1. The zero-order chi connectivity index (χ0) is 34.1. The van der Waals surface area contributed by atoms with Gasteiger partial charge in [-0.05, 0) is 117 Å². The number of nitrogens with zero attached hydrogens (tertiary/aromatic N) is 2. The van der Waals surface area contributed by atoms with Gasteiger partial charge in [0.2, 0.25) is 0 Å². The maximum absolute atomic E-state index is 15.2. The number of rotatable bonds is 6. The molecular formula is C47H30F2N2. The molecule has 0 unspecified atom stereocenters. The minimum Gasteiger partial charge on any atom is -0.309 e. The average molecular weight is 661 g/mol. The third-order valence-electron chi connectivity index (χ3n) is 10.2. The van der Waals surface area contributed by atoms with Crippen LogP contribution in [-0.4, -0.2) is 4.57 Å². The number of fused-ring (bicyclic) bond motifs is 3. The normalized spacial score (nSPS) is 12.4. The Labute approximate surface area is 294 Å². The van der Waals surface area contributed by atoms with E-state index in [1.165, 1.54) is 55.8 Å². The van der Waals surface area contributed by atoms with E-state index in [1.807, 2.05) is 6.07 Å². The minimum atomic E-state index is -0.410. The van der Waals surface area contributed by atoms with E-state index >= 15 is 8.78 Å². The van der Waals surface area contributed by atoms with Crippen molar-refractivity contribution in [3.05, 3.63) is 192 Å². The largest absolute Gasteiger partial charge is 0.309 e. The van der Waals surface area contributed by atoms with Crippen molar-refractivity contribution >= 4 is 61.8 Å². The summed E-state index contributed by atoms with van der Waals surface area (Å²) in [5.74, 6) is -0.821. The lowest BCUT2D eigenvalue weighted by Crippen LogP contribution is -2.13. The van der Waals surface area contributed by atoms with E-state index < -0.39 is 11.6 Å². The lowest BCUT2D eigenvalue weighted by molar-refractivity contribution is 0.619. The number of hydrogen-bond acceptors (Lipinski definition) is 1. The fourth-order valence-corrected chi connectivity index (χ4v) is 7.99. The van der Waals surface area contributed by atoms with Crippen LogP contribution in [0.25, 0.3) is 61.5 Å². The van der Waals surface area contributed by atoms with Crippen molar-refractivity contribution in [1.29, 1.82) is 0 Å². The molecule has 0 saturated carbocycles. The van der Waals surface area contributed by atoms with Crippen LogP contribution in [0.4, 0.5) is 25.8 Å². The van der Waals surface area contributed by atoms with Gasteiger partial charge in [-0.3, -0.25) is 0 Å². The van der Waals surface area contributed by atoms with E-state index in [4.69, 9.17) is 0 Å². The summed E-state index contributed by atoms with van der Waals surface area (Å²) in [6.07, 6.45) is 5.13. The van der Waals surface area contributed by atoms with Gasteiger partial charge in [0.25, 0.3) is 0 Å². The van der Waals surface area contributed by atoms with E-state index in [2.05, 4.69) is 120 Å². The minimum absolute atomic E-state index is 0.304. The predicted molar refractivity (Wildman–Crippen MR) is 208 cm³/mol. The summed E-state index contributed by atoms with van der Waals surface area (Å²) in [7, 11) is 0. The average Bonchev–Trinajstić information content (AvgIpc) is 3.70. The topological polar surface area (TPSA) is 8.17 Å². The molecule has 1 aliphatic carbocycles. The van der Waals surface area contributed by atoms with Crippen LogP contribution >= 0.6 is 0 Å². The van der Waals surface area contributed by atoms with Crippen molar-refractivity contribution in [2.45, 2.75) is 6.42 Å². The molecule has 1 aliphatic rings. The first kappa shape index (κ1) is 29.4.